The van der Waals surface area contributed by atoms with Gasteiger partial charge in [-0.05, 0) is 87.1 Å². The number of aliphatic hydroxyl groups excluding tert-OH is 1. The van der Waals surface area contributed by atoms with Crippen molar-refractivity contribution in [3.05, 3.63) is 71.7 Å². The van der Waals surface area contributed by atoms with Crippen molar-refractivity contribution in [2.24, 2.45) is 50.5 Å². The molecule has 0 saturated carbocycles. The second-order valence-corrected chi connectivity index (χ2v) is 18.4. The van der Waals surface area contributed by atoms with Crippen LogP contribution in [0.4, 0.5) is 4.39 Å². The van der Waals surface area contributed by atoms with Gasteiger partial charge in [-0.15, -0.1) is 0 Å². The van der Waals surface area contributed by atoms with E-state index in [4.69, 9.17) is 28.7 Å². The Bertz CT molecular complexity index is 2510. The van der Waals surface area contributed by atoms with Gasteiger partial charge in [-0.25, -0.2) is 4.39 Å². The molecule has 402 valence electrons. The number of ketones is 3. The number of hydrogen-bond acceptors (Lipinski definition) is 12. The average Bonchev–Trinajstić information content (AvgIpc) is 3.76. The van der Waals surface area contributed by atoms with Crippen LogP contribution in [-0.4, -0.2) is 125 Å². The third kappa shape index (κ3) is 19.7. The van der Waals surface area contributed by atoms with Crippen LogP contribution in [0.25, 0.3) is 10.9 Å². The summed E-state index contributed by atoms with van der Waals surface area (Å²) in [7, 11) is 0. The van der Waals surface area contributed by atoms with E-state index >= 15 is 0 Å². The molecule has 3 aromatic rings. The molecule has 74 heavy (non-hydrogen) atoms. The number of guanidine groups is 2. The lowest BCUT2D eigenvalue weighted by atomic mass is 9.83. The van der Waals surface area contributed by atoms with Gasteiger partial charge in [0.05, 0.1) is 12.6 Å². The number of nitrogens with one attached hydrogen (secondary N) is 6. The first kappa shape index (κ1) is 58.8. The van der Waals surface area contributed by atoms with Gasteiger partial charge in [-0.2, -0.15) is 0 Å². The number of nitrogens with two attached hydrogens (primary N) is 5. The van der Waals surface area contributed by atoms with Crippen LogP contribution in [0, 0.1) is 17.7 Å². The van der Waals surface area contributed by atoms with E-state index in [-0.39, 0.29) is 108 Å². The minimum absolute atomic E-state index is 0.0256. The van der Waals surface area contributed by atoms with E-state index in [0.29, 0.717) is 11.1 Å². The Labute approximate surface area is 427 Å². The molecule has 1 aromatic heterocycles. The van der Waals surface area contributed by atoms with Gasteiger partial charge in [-0.3, -0.25) is 53.1 Å². The number of aromatic nitrogens is 1. The first-order valence-electron chi connectivity index (χ1n) is 24.6. The van der Waals surface area contributed by atoms with Crippen LogP contribution in [0.3, 0.4) is 0 Å². The number of halogens is 1. The molecule has 1 aliphatic rings. The summed E-state index contributed by atoms with van der Waals surface area (Å²) in [5, 5.41) is 24.1. The van der Waals surface area contributed by atoms with E-state index in [1.807, 2.05) is 24.3 Å². The number of fused-ring (bicyclic) bond motifs is 1. The molecule has 1 fully saturated rings. The number of aliphatic imine (C=N–C) groups is 2. The van der Waals surface area contributed by atoms with Gasteiger partial charge in [0.1, 0.15) is 41.6 Å². The topological polar surface area (TPSA) is 405 Å². The highest BCUT2D eigenvalue weighted by Gasteiger charge is 2.35. The van der Waals surface area contributed by atoms with Crippen molar-refractivity contribution in [1.82, 2.24) is 31.6 Å². The number of Topliss-reactive ketones (excluding diaryl/α,β-unsaturated/α-hetero) is 3. The molecule has 0 bridgehead atoms. The first-order chi connectivity index (χ1) is 35.2. The highest BCUT2D eigenvalue weighted by Crippen LogP contribution is 2.26. The molecule has 0 aliphatic carbocycles. The molecule has 7 atom stereocenters. The van der Waals surface area contributed by atoms with Crippen molar-refractivity contribution in [2.45, 2.75) is 127 Å². The predicted molar refractivity (Wildman–Crippen MR) is 272 cm³/mol. The molecular formula is C50H70FN13O10. The minimum atomic E-state index is -1.74. The number of rotatable bonds is 17. The number of nitrogens with zero attached hydrogens (tertiary/aromatic N) is 2. The summed E-state index contributed by atoms with van der Waals surface area (Å²) < 4.78 is 14.1. The first-order valence-corrected chi connectivity index (χ1v) is 24.6. The number of carbonyl (C=O) groups excluding carboxylic acids is 9. The molecule has 17 N–H and O–H groups in total. The van der Waals surface area contributed by atoms with E-state index in [1.54, 1.807) is 6.20 Å². The third-order valence-electron chi connectivity index (χ3n) is 12.6. The van der Waals surface area contributed by atoms with Crippen LogP contribution in [0.15, 0.2) is 64.7 Å². The predicted octanol–water partition coefficient (Wildman–Crippen LogP) is -0.805. The van der Waals surface area contributed by atoms with Crippen molar-refractivity contribution in [1.29, 1.82) is 0 Å². The second-order valence-electron chi connectivity index (χ2n) is 18.4. The van der Waals surface area contributed by atoms with E-state index in [9.17, 15) is 52.6 Å². The van der Waals surface area contributed by atoms with Crippen LogP contribution in [0.2, 0.25) is 0 Å². The van der Waals surface area contributed by atoms with Gasteiger partial charge >= 0.3 is 0 Å². The van der Waals surface area contributed by atoms with Gasteiger partial charge in [0.2, 0.25) is 35.4 Å². The quantitative estimate of drug-likeness (QED) is 0.0448. The van der Waals surface area contributed by atoms with Gasteiger partial charge < -0.3 is 65.3 Å². The fourth-order valence-corrected chi connectivity index (χ4v) is 8.62. The molecule has 2 aromatic carbocycles. The number of aromatic amines is 1. The standard InChI is InChI=1S/C50H70FN13O10/c1-28(66)60-38(13-7-21-58-50(55)56)46(72)62-39-19-18-34(67)9-2-4-12-37(44(52)70)61-45(71)31(23-32-26-59-36-11-5-3-10-35(32)36)25-42(68)30(8-6-20-57-49(53)54)24-43(69)40(22-29-14-16-33(51)17-15-29)63-48(74)41(27-65)64-47(39)73/h3,5,10-11,14-17,26,30-31,37-41,59,65H,2,4,6-9,12-13,18-25,27H2,1H3,(H2,52,70)(H,60,66)(H,61,71)(H,62,72)(H,63,74)(H,64,73)(H4,53,54,57)(H4,55,56,58)/t30-,31-,37+,38+,39+,40-,41+/m1/s1. The summed E-state index contributed by atoms with van der Waals surface area (Å²) in [5.41, 5.74) is 29.6. The number of amides is 6. The third-order valence-corrected chi connectivity index (χ3v) is 12.6. The fourth-order valence-electron chi connectivity index (χ4n) is 8.62. The maximum Gasteiger partial charge on any atom is 0.245 e. The summed E-state index contributed by atoms with van der Waals surface area (Å²) in [6.07, 6.45) is 0.991. The van der Waals surface area contributed by atoms with E-state index in [1.165, 1.54) is 19.1 Å². The Kier molecular flexibility index (Phi) is 23.6. The lowest BCUT2D eigenvalue weighted by Crippen LogP contribution is -2.58. The lowest BCUT2D eigenvalue weighted by molar-refractivity contribution is -0.136. The van der Waals surface area contributed by atoms with Crippen LogP contribution in [-0.2, 0) is 56.0 Å². The Morgan fingerprint density at radius 2 is 1.42 bits per heavy atom. The highest BCUT2D eigenvalue weighted by atomic mass is 19.1. The summed E-state index contributed by atoms with van der Waals surface area (Å²) in [6, 6.07) is 5.31. The van der Waals surface area contributed by atoms with Crippen LogP contribution >= 0.6 is 0 Å². The number of carbonyl (C=O) groups is 9. The smallest absolute Gasteiger partial charge is 0.245 e. The summed E-state index contributed by atoms with van der Waals surface area (Å²) in [5.74, 6) is -9.65. The largest absolute Gasteiger partial charge is 0.394 e. The van der Waals surface area contributed by atoms with E-state index < -0.39 is 114 Å². The van der Waals surface area contributed by atoms with Crippen molar-refractivity contribution in [2.75, 3.05) is 19.7 Å². The minimum Gasteiger partial charge on any atom is -0.394 e. The Hall–Kier alpha value is -7.76. The van der Waals surface area contributed by atoms with Crippen molar-refractivity contribution < 1.29 is 52.6 Å². The number of H-pyrrole nitrogens is 1. The lowest BCUT2D eigenvalue weighted by Gasteiger charge is -2.26. The molecule has 24 heteroatoms. The average molecular weight is 1030 g/mol. The maximum absolute atomic E-state index is 14.6. The summed E-state index contributed by atoms with van der Waals surface area (Å²) in [6.45, 7) is 0.360. The zero-order valence-corrected chi connectivity index (χ0v) is 41.5. The molecule has 4 rings (SSSR count). The zero-order valence-electron chi connectivity index (χ0n) is 41.5. The van der Waals surface area contributed by atoms with Gasteiger partial charge in [0.25, 0.3) is 0 Å². The molecule has 1 saturated heterocycles. The molecule has 0 unspecified atom stereocenters. The zero-order chi connectivity index (χ0) is 54.3. The number of aliphatic hydroxyl groups is 1. The molecule has 23 nitrogen and oxygen atoms in total. The number of para-hydroxylation sites is 1. The van der Waals surface area contributed by atoms with E-state index in [2.05, 4.69) is 41.6 Å². The molecule has 0 spiro atoms. The highest BCUT2D eigenvalue weighted by molar-refractivity contribution is 5.98. The summed E-state index contributed by atoms with van der Waals surface area (Å²) >= 11 is 0. The van der Waals surface area contributed by atoms with Gasteiger partial charge in [0.15, 0.2) is 17.7 Å². The van der Waals surface area contributed by atoms with Gasteiger partial charge in [-0.1, -0.05) is 36.8 Å². The Balaban J connectivity index is 1.75. The number of primary amides is 1. The molecule has 0 radical (unpaired) electrons. The Morgan fingerprint density at radius 1 is 0.757 bits per heavy atom. The van der Waals surface area contributed by atoms with Crippen LogP contribution in [0.5, 0.6) is 0 Å². The fraction of sp³-hybridized carbons (Fsp3) is 0.500. The van der Waals surface area contributed by atoms with Crippen molar-refractivity contribution in [3.8, 4) is 0 Å². The van der Waals surface area contributed by atoms with Crippen molar-refractivity contribution >= 4 is 75.6 Å². The van der Waals surface area contributed by atoms with Crippen LogP contribution in [0.1, 0.15) is 95.1 Å². The number of hydrogen-bond donors (Lipinski definition) is 12. The second kappa shape index (κ2) is 29.7. The Morgan fingerprint density at radius 3 is 2.08 bits per heavy atom. The molecule has 2 heterocycles. The SMILES string of the molecule is CC(=O)N[C@@H](CCCN=C(N)N)C(=O)N[C@H]1CCC(=O)CCCC[C@@H](C(N)=O)NC(=O)[C@H](Cc2c[nH]c3ccccc23)CC(=O)[C@H](CCCN=C(N)N)CC(=O)[C@@H](Cc2ccc(F)cc2)NC(=O)[C@H](CO)NC1=O. The maximum atomic E-state index is 14.6. The monoisotopic (exact) mass is 1030 g/mol. The normalized spacial score (nSPS) is 21.6. The van der Waals surface area contributed by atoms with Gasteiger partial charge in [0, 0.05) is 74.6 Å². The molecule has 1 aliphatic heterocycles. The van der Waals surface area contributed by atoms with E-state index in [0.717, 1.165) is 23.0 Å². The molecular weight excluding hydrogens is 962 g/mol. The molecule has 6 amide bonds. The summed E-state index contributed by atoms with van der Waals surface area (Å²) in [4.78, 5) is 135. The van der Waals surface area contributed by atoms with Crippen LogP contribution < -0.4 is 55.3 Å². The van der Waals surface area contributed by atoms with Crippen molar-refractivity contribution in [3.63, 3.8) is 0 Å². The number of benzene rings is 2.